The van der Waals surface area contributed by atoms with Gasteiger partial charge in [0, 0.05) is 11.8 Å². The number of benzene rings is 2. The molecule has 0 aromatic heterocycles. The molecule has 0 heterocycles. The van der Waals surface area contributed by atoms with E-state index in [1.54, 1.807) is 49.6 Å². The predicted octanol–water partition coefficient (Wildman–Crippen LogP) is 3.22. The first kappa shape index (κ1) is 15.2. The van der Waals surface area contributed by atoms with Crippen LogP contribution in [0.5, 0.6) is 11.5 Å². The highest BCUT2D eigenvalue weighted by atomic mass is 16.5. The molecule has 0 fully saturated rings. The summed E-state index contributed by atoms with van der Waals surface area (Å²) in [6.07, 6.45) is 0. The lowest BCUT2D eigenvalue weighted by Gasteiger charge is -2.12. The molecule has 0 atom stereocenters. The van der Waals surface area contributed by atoms with Gasteiger partial charge in [-0.2, -0.15) is 5.26 Å². The second-order valence-electron chi connectivity index (χ2n) is 4.33. The van der Waals surface area contributed by atoms with Gasteiger partial charge in [-0.15, -0.1) is 0 Å². The van der Waals surface area contributed by atoms with Gasteiger partial charge >= 0.3 is 6.03 Å². The van der Waals surface area contributed by atoms with Crippen molar-refractivity contribution < 1.29 is 14.3 Å². The zero-order chi connectivity index (χ0) is 15.9. The summed E-state index contributed by atoms with van der Waals surface area (Å²) in [5.41, 5.74) is 1.64. The number of anilines is 2. The summed E-state index contributed by atoms with van der Waals surface area (Å²) in [7, 11) is 3.07. The molecule has 2 amide bonds. The van der Waals surface area contributed by atoms with E-state index in [0.717, 1.165) is 0 Å². The summed E-state index contributed by atoms with van der Waals surface area (Å²) in [5, 5.41) is 14.1. The molecule has 0 saturated heterocycles. The molecule has 112 valence electrons. The van der Waals surface area contributed by atoms with E-state index in [9.17, 15) is 4.79 Å². The van der Waals surface area contributed by atoms with Crippen LogP contribution in [0.2, 0.25) is 0 Å². The highest BCUT2D eigenvalue weighted by molar-refractivity contribution is 6.00. The molecule has 0 bridgehead atoms. The highest BCUT2D eigenvalue weighted by Gasteiger charge is 2.09. The molecule has 0 aliphatic heterocycles. The Morgan fingerprint density at radius 3 is 2.36 bits per heavy atom. The topological polar surface area (TPSA) is 83.4 Å². The van der Waals surface area contributed by atoms with Gasteiger partial charge < -0.3 is 20.1 Å². The average Bonchev–Trinajstić information content (AvgIpc) is 2.55. The smallest absolute Gasteiger partial charge is 0.323 e. The van der Waals surface area contributed by atoms with Crippen molar-refractivity contribution in [2.45, 2.75) is 0 Å². The van der Waals surface area contributed by atoms with Gasteiger partial charge in [0.2, 0.25) is 0 Å². The van der Waals surface area contributed by atoms with E-state index in [1.165, 1.54) is 7.11 Å². The zero-order valence-electron chi connectivity index (χ0n) is 12.2. The lowest BCUT2D eigenvalue weighted by atomic mass is 10.2. The van der Waals surface area contributed by atoms with E-state index in [2.05, 4.69) is 10.6 Å². The van der Waals surface area contributed by atoms with Crippen LogP contribution in [0.3, 0.4) is 0 Å². The van der Waals surface area contributed by atoms with E-state index in [-0.39, 0.29) is 0 Å². The minimum atomic E-state index is -0.409. The fourth-order valence-corrected chi connectivity index (χ4v) is 1.81. The Morgan fingerprint density at radius 1 is 1.05 bits per heavy atom. The molecule has 6 heteroatoms. The van der Waals surface area contributed by atoms with E-state index >= 15 is 0 Å². The van der Waals surface area contributed by atoms with Crippen molar-refractivity contribution >= 4 is 17.4 Å². The molecule has 6 nitrogen and oxygen atoms in total. The summed E-state index contributed by atoms with van der Waals surface area (Å²) in [6.45, 7) is 0. The second kappa shape index (κ2) is 6.99. The van der Waals surface area contributed by atoms with Gasteiger partial charge in [-0.05, 0) is 36.4 Å². The van der Waals surface area contributed by atoms with Crippen LogP contribution in [-0.4, -0.2) is 20.3 Å². The largest absolute Gasteiger partial charge is 0.497 e. The van der Waals surface area contributed by atoms with Crippen LogP contribution in [-0.2, 0) is 0 Å². The second-order valence-corrected chi connectivity index (χ2v) is 4.33. The van der Waals surface area contributed by atoms with Gasteiger partial charge in [0.15, 0.2) is 0 Å². The number of ether oxygens (including phenoxy) is 2. The molecule has 0 saturated carbocycles. The van der Waals surface area contributed by atoms with Gasteiger partial charge in [-0.3, -0.25) is 0 Å². The van der Waals surface area contributed by atoms with E-state index < -0.39 is 6.03 Å². The third kappa shape index (κ3) is 3.67. The van der Waals surface area contributed by atoms with Crippen LogP contribution >= 0.6 is 0 Å². The normalized spacial score (nSPS) is 9.50. The van der Waals surface area contributed by atoms with E-state index in [0.29, 0.717) is 28.4 Å². The molecule has 0 unspecified atom stereocenters. The molecule has 2 aromatic rings. The summed E-state index contributed by atoms with van der Waals surface area (Å²) >= 11 is 0. The molecule has 0 radical (unpaired) electrons. The van der Waals surface area contributed by atoms with Gasteiger partial charge in [-0.1, -0.05) is 0 Å². The number of urea groups is 1. The molecule has 0 aliphatic rings. The SMILES string of the molecule is COc1ccc(NC(=O)Nc2ccc(C#N)cc2)c(OC)c1. The molecular formula is C16H15N3O3. The van der Waals surface area contributed by atoms with E-state index in [1.807, 2.05) is 6.07 Å². The standard InChI is InChI=1S/C16H15N3O3/c1-21-13-7-8-14(15(9-13)22-2)19-16(20)18-12-5-3-11(10-17)4-6-12/h3-9H,1-2H3,(H2,18,19,20). The van der Waals surface area contributed by atoms with Crippen LogP contribution < -0.4 is 20.1 Å². The number of carbonyl (C=O) groups excluding carboxylic acids is 1. The van der Waals surface area contributed by atoms with Crippen LogP contribution in [0, 0.1) is 11.3 Å². The first-order valence-electron chi connectivity index (χ1n) is 6.46. The fourth-order valence-electron chi connectivity index (χ4n) is 1.81. The number of hydrogen-bond acceptors (Lipinski definition) is 4. The van der Waals surface area contributed by atoms with Crippen molar-refractivity contribution in [2.24, 2.45) is 0 Å². The Labute approximate surface area is 128 Å². The van der Waals surface area contributed by atoms with Crippen LogP contribution in [0.15, 0.2) is 42.5 Å². The number of rotatable bonds is 4. The van der Waals surface area contributed by atoms with Crippen molar-refractivity contribution in [3.63, 3.8) is 0 Å². The lowest BCUT2D eigenvalue weighted by Crippen LogP contribution is -2.19. The van der Waals surface area contributed by atoms with Crippen molar-refractivity contribution in [1.82, 2.24) is 0 Å². The first-order valence-corrected chi connectivity index (χ1v) is 6.46. The van der Waals surface area contributed by atoms with Crippen LogP contribution in [0.25, 0.3) is 0 Å². The Bertz CT molecular complexity index is 706. The Morgan fingerprint density at radius 2 is 1.77 bits per heavy atom. The number of methoxy groups -OCH3 is 2. The van der Waals surface area contributed by atoms with Gasteiger partial charge in [0.1, 0.15) is 11.5 Å². The monoisotopic (exact) mass is 297 g/mol. The van der Waals surface area contributed by atoms with Crippen molar-refractivity contribution in [1.29, 1.82) is 5.26 Å². The summed E-state index contributed by atoms with van der Waals surface area (Å²) < 4.78 is 10.3. The maximum absolute atomic E-state index is 12.0. The zero-order valence-corrected chi connectivity index (χ0v) is 12.2. The van der Waals surface area contributed by atoms with Gasteiger partial charge in [0.25, 0.3) is 0 Å². The van der Waals surface area contributed by atoms with Crippen LogP contribution in [0.1, 0.15) is 5.56 Å². The lowest BCUT2D eigenvalue weighted by molar-refractivity contribution is 0.262. The van der Waals surface area contributed by atoms with Crippen molar-refractivity contribution in [2.75, 3.05) is 24.9 Å². The highest BCUT2D eigenvalue weighted by Crippen LogP contribution is 2.29. The third-order valence-corrected chi connectivity index (χ3v) is 2.93. The van der Waals surface area contributed by atoms with E-state index in [4.69, 9.17) is 14.7 Å². The van der Waals surface area contributed by atoms with Crippen LogP contribution in [0.4, 0.5) is 16.2 Å². The average molecular weight is 297 g/mol. The maximum Gasteiger partial charge on any atom is 0.323 e. The third-order valence-electron chi connectivity index (χ3n) is 2.93. The van der Waals surface area contributed by atoms with Gasteiger partial charge in [0.05, 0.1) is 31.5 Å². The predicted molar refractivity (Wildman–Crippen MR) is 83.3 cm³/mol. The number of hydrogen-bond donors (Lipinski definition) is 2. The minimum absolute atomic E-state index is 0.409. The Hall–Kier alpha value is -3.20. The molecule has 2 N–H and O–H groups in total. The first-order chi connectivity index (χ1) is 10.7. The molecule has 2 rings (SSSR count). The Kier molecular flexibility index (Phi) is 4.83. The summed E-state index contributed by atoms with van der Waals surface area (Å²) in [5.74, 6) is 1.13. The molecule has 22 heavy (non-hydrogen) atoms. The number of nitriles is 1. The maximum atomic E-state index is 12.0. The summed E-state index contributed by atoms with van der Waals surface area (Å²) in [4.78, 5) is 12.0. The molecule has 0 spiro atoms. The van der Waals surface area contributed by atoms with Gasteiger partial charge in [-0.25, -0.2) is 4.79 Å². The fraction of sp³-hybridized carbons (Fsp3) is 0.125. The quantitative estimate of drug-likeness (QED) is 0.907. The molecular weight excluding hydrogens is 282 g/mol. The molecule has 2 aromatic carbocycles. The number of amides is 2. The van der Waals surface area contributed by atoms with Crippen molar-refractivity contribution in [3.05, 3.63) is 48.0 Å². The minimum Gasteiger partial charge on any atom is -0.497 e. The number of carbonyl (C=O) groups is 1. The number of nitrogens with zero attached hydrogens (tertiary/aromatic N) is 1. The van der Waals surface area contributed by atoms with Crippen molar-refractivity contribution in [3.8, 4) is 17.6 Å². The Balaban J connectivity index is 2.06. The number of nitrogens with one attached hydrogen (secondary N) is 2. The molecule has 0 aliphatic carbocycles. The summed E-state index contributed by atoms with van der Waals surface area (Å²) in [6, 6.07) is 13.3.